The van der Waals surface area contributed by atoms with Crippen LogP contribution < -0.4 is 0 Å². The third-order valence-electron chi connectivity index (χ3n) is 21.6. The van der Waals surface area contributed by atoms with E-state index in [1.807, 2.05) is 0 Å². The van der Waals surface area contributed by atoms with Crippen molar-refractivity contribution in [2.75, 3.05) is 0 Å². The number of aliphatic hydroxyl groups is 1. The van der Waals surface area contributed by atoms with Crippen LogP contribution in [0.1, 0.15) is 143 Å². The lowest BCUT2D eigenvalue weighted by Crippen LogP contribution is -2.62. The van der Waals surface area contributed by atoms with Crippen molar-refractivity contribution in [1.29, 1.82) is 0 Å². The Labute approximate surface area is 456 Å². The molecule has 0 aromatic heterocycles. The van der Waals surface area contributed by atoms with Crippen molar-refractivity contribution >= 4 is 11.9 Å². The van der Waals surface area contributed by atoms with Crippen LogP contribution in [0, 0.1) is 23.7 Å². The maximum Gasteiger partial charge on any atom is 0.308 e. The lowest BCUT2D eigenvalue weighted by atomic mass is 9.78. The minimum absolute atomic E-state index is 0.00942. The first-order valence-electron chi connectivity index (χ1n) is 30.2. The highest BCUT2D eigenvalue weighted by molar-refractivity contribution is 5.70. The van der Waals surface area contributed by atoms with E-state index < -0.39 is 72.2 Å². The summed E-state index contributed by atoms with van der Waals surface area (Å²) in [5, 5.41) is 20.4. The standard InChI is InChI=1S/C59H82O19/c1-25-13-31-7-9-35-26(2)14-33(64-35)11-12-57-23-44-53(77-57)54-55(71-44)56(78-57)52-36(68-54)10-8-32(66-52)15-47(63)72-51-30(6)50-41(67-40(51)17-37(65-31)29(25)5)18-39-43(70-50)22-59(73-39)24-45-49(76-59)28(4)21-58(75-45)20-27(3)48-42(74-58)16-34(60)38(69-48)19-46(61)62/h25,27-28,30-45,48-56,60H,2,5,7-24H2,1,3-4,6H3,(H,61,62)/t25-,27+,28+,30+,31+,32-,33+,34-,35+,36+,37-,38-,39-,40+,41+,42+,43-,44-,45+,48+,49+,50+,51-,52+,53?,54+,55-,56+,57+,58-,59+/m1/s1. The number of aliphatic carboxylic acids is 1. The van der Waals surface area contributed by atoms with Crippen LogP contribution in [0.15, 0.2) is 24.3 Å². The zero-order valence-electron chi connectivity index (χ0n) is 45.6. The van der Waals surface area contributed by atoms with E-state index in [9.17, 15) is 19.8 Å². The Kier molecular flexibility index (Phi) is 13.1. The van der Waals surface area contributed by atoms with Crippen LogP contribution in [0.2, 0.25) is 0 Å². The van der Waals surface area contributed by atoms with E-state index in [-0.39, 0.29) is 147 Å². The van der Waals surface area contributed by atoms with Crippen molar-refractivity contribution < 1.29 is 90.9 Å². The Morgan fingerprint density at radius 1 is 0.513 bits per heavy atom. The molecule has 78 heavy (non-hydrogen) atoms. The van der Waals surface area contributed by atoms with Crippen LogP contribution >= 0.6 is 0 Å². The molecule has 432 valence electrons. The van der Waals surface area contributed by atoms with Gasteiger partial charge in [0, 0.05) is 63.7 Å². The first kappa shape index (κ1) is 52.6. The van der Waals surface area contributed by atoms with Gasteiger partial charge in [0.2, 0.25) is 0 Å². The summed E-state index contributed by atoms with van der Waals surface area (Å²) in [5.74, 6) is -3.99. The molecule has 12 bridgehead atoms. The number of carboxylic acid groups (broad SMARTS) is 1. The minimum atomic E-state index is -1.00. The number of carboxylic acids is 1. The molecule has 0 radical (unpaired) electrons. The van der Waals surface area contributed by atoms with Gasteiger partial charge in [0.05, 0.1) is 123 Å². The monoisotopic (exact) mass is 1090 g/mol. The molecule has 0 amide bonds. The molecule has 16 rings (SSSR count). The Bertz CT molecular complexity index is 2370. The molecule has 16 aliphatic rings. The number of aliphatic hydroxyl groups excluding tert-OH is 1. The molecule has 0 aliphatic carbocycles. The topological polar surface area (TPSA) is 213 Å². The number of hydrogen-bond donors (Lipinski definition) is 2. The molecule has 16 saturated heterocycles. The molecular weight excluding hydrogens is 1010 g/mol. The average molecular weight is 1100 g/mol. The zero-order chi connectivity index (χ0) is 53.3. The van der Waals surface area contributed by atoms with Gasteiger partial charge in [-0.3, -0.25) is 9.59 Å². The first-order chi connectivity index (χ1) is 37.4. The molecular formula is C59H82O19. The largest absolute Gasteiger partial charge is 0.481 e. The van der Waals surface area contributed by atoms with Gasteiger partial charge in [-0.15, -0.1) is 0 Å². The second-order valence-corrected chi connectivity index (χ2v) is 27.1. The van der Waals surface area contributed by atoms with E-state index in [1.54, 1.807) is 0 Å². The molecule has 1 unspecified atom stereocenters. The van der Waals surface area contributed by atoms with Crippen LogP contribution in [-0.4, -0.2) is 186 Å². The highest BCUT2D eigenvalue weighted by atomic mass is 16.8. The van der Waals surface area contributed by atoms with Crippen molar-refractivity contribution in [2.24, 2.45) is 23.7 Å². The van der Waals surface area contributed by atoms with Gasteiger partial charge in [-0.25, -0.2) is 0 Å². The van der Waals surface area contributed by atoms with E-state index in [2.05, 4.69) is 40.9 Å². The molecule has 31 atom stereocenters. The lowest BCUT2D eigenvalue weighted by Gasteiger charge is -2.54. The van der Waals surface area contributed by atoms with Gasteiger partial charge in [-0.05, 0) is 73.8 Å². The summed E-state index contributed by atoms with van der Waals surface area (Å²) >= 11 is 0. The van der Waals surface area contributed by atoms with Crippen molar-refractivity contribution in [3.05, 3.63) is 24.3 Å². The van der Waals surface area contributed by atoms with Crippen LogP contribution in [0.4, 0.5) is 0 Å². The van der Waals surface area contributed by atoms with Crippen LogP contribution in [-0.2, 0) is 80.6 Å². The predicted octanol–water partition coefficient (Wildman–Crippen LogP) is 5.66. The lowest BCUT2D eigenvalue weighted by molar-refractivity contribution is -0.371. The number of carbonyl (C=O) groups excluding carboxylic acids is 1. The molecule has 19 heteroatoms. The summed E-state index contributed by atoms with van der Waals surface area (Å²) in [4.78, 5) is 26.1. The average Bonchev–Trinajstić information content (AvgIpc) is 4.05. The maximum absolute atomic E-state index is 14.6. The fourth-order valence-electron chi connectivity index (χ4n) is 18.0. The van der Waals surface area contributed by atoms with Crippen molar-refractivity contribution in [3.8, 4) is 0 Å². The molecule has 0 saturated carbocycles. The van der Waals surface area contributed by atoms with Gasteiger partial charge in [0.25, 0.3) is 0 Å². The van der Waals surface area contributed by atoms with E-state index in [0.717, 1.165) is 43.3 Å². The second kappa shape index (κ2) is 19.4. The number of ether oxygens (including phenoxy) is 15. The summed E-state index contributed by atoms with van der Waals surface area (Å²) in [6.45, 7) is 17.7. The van der Waals surface area contributed by atoms with E-state index in [4.69, 9.17) is 71.1 Å². The molecule has 0 aromatic rings. The van der Waals surface area contributed by atoms with Crippen LogP contribution in [0.5, 0.6) is 0 Å². The molecule has 16 heterocycles. The Morgan fingerprint density at radius 3 is 2.03 bits per heavy atom. The van der Waals surface area contributed by atoms with Gasteiger partial charge in [0.15, 0.2) is 17.4 Å². The minimum Gasteiger partial charge on any atom is -0.481 e. The molecule has 0 aromatic carbocycles. The fourth-order valence-corrected chi connectivity index (χ4v) is 18.0. The van der Waals surface area contributed by atoms with Gasteiger partial charge < -0.3 is 81.3 Å². The van der Waals surface area contributed by atoms with E-state index >= 15 is 0 Å². The number of rotatable bonds is 2. The summed E-state index contributed by atoms with van der Waals surface area (Å²) < 4.78 is 103. The Balaban J connectivity index is 0.661. The highest BCUT2D eigenvalue weighted by Crippen LogP contribution is 2.58. The number of fused-ring (bicyclic) bond motifs is 10. The van der Waals surface area contributed by atoms with Crippen molar-refractivity contribution in [3.63, 3.8) is 0 Å². The fraction of sp³-hybridized carbons (Fsp3) is 0.898. The number of esters is 1. The molecule has 3 spiro atoms. The molecule has 2 N–H and O–H groups in total. The third-order valence-corrected chi connectivity index (χ3v) is 21.6. The number of hydrogen-bond acceptors (Lipinski definition) is 18. The summed E-state index contributed by atoms with van der Waals surface area (Å²) in [6, 6.07) is 0. The van der Waals surface area contributed by atoms with E-state index in [1.165, 1.54) is 0 Å². The molecule has 16 aliphatic heterocycles. The Hall–Kier alpha value is -2.18. The quantitative estimate of drug-likeness (QED) is 0.252. The Morgan fingerprint density at radius 2 is 1.18 bits per heavy atom. The second-order valence-electron chi connectivity index (χ2n) is 27.1. The SMILES string of the molecule is C=C1C[C@@H]2CC[C@@]34C[C@H]5O[C@H]6[C@@H](O3)[C@H]3O[C@H](CC[C@@H]3O[C@H]6C5O4)CC(=O)O[C@@H]3[C@@H](C)[C@@H]4O[C@@H]5C[C@]6(C[C@@H]7O[C@]8(C[C@H](C)[C@@H]9O[C@H](CC(=O)O)[C@H](O)C[C@@H]9O8)C[C@H](C)[C@@H]7O6)O[C@@H]5C[C@@H]4O[C@H]3C[C@H]3O[C@@H](CC[C@@H]1O2)C[C@@H](C)C3=C. The highest BCUT2D eigenvalue weighted by Gasteiger charge is 2.70. The smallest absolute Gasteiger partial charge is 0.308 e. The van der Waals surface area contributed by atoms with Crippen molar-refractivity contribution in [2.45, 2.75) is 307 Å². The maximum atomic E-state index is 14.6. The molecule has 19 nitrogen and oxygen atoms in total. The van der Waals surface area contributed by atoms with Gasteiger partial charge in [0.1, 0.15) is 36.6 Å². The zero-order valence-corrected chi connectivity index (χ0v) is 45.6. The summed E-state index contributed by atoms with van der Waals surface area (Å²) in [7, 11) is 0. The van der Waals surface area contributed by atoms with E-state index in [0.29, 0.717) is 64.2 Å². The molecule has 16 fully saturated rings. The third kappa shape index (κ3) is 8.98. The van der Waals surface area contributed by atoms with Crippen LogP contribution in [0.3, 0.4) is 0 Å². The van der Waals surface area contributed by atoms with Crippen LogP contribution in [0.25, 0.3) is 0 Å². The van der Waals surface area contributed by atoms with Crippen molar-refractivity contribution in [1.82, 2.24) is 0 Å². The van der Waals surface area contributed by atoms with Gasteiger partial charge in [-0.1, -0.05) is 40.9 Å². The van der Waals surface area contributed by atoms with Gasteiger partial charge >= 0.3 is 11.9 Å². The normalized spacial score (nSPS) is 58.0. The predicted molar refractivity (Wildman–Crippen MR) is 268 cm³/mol. The summed E-state index contributed by atoms with van der Waals surface area (Å²) in [5.41, 5.74) is 2.14. The number of carbonyl (C=O) groups is 2. The van der Waals surface area contributed by atoms with Gasteiger partial charge in [-0.2, -0.15) is 0 Å². The summed E-state index contributed by atoms with van der Waals surface area (Å²) in [6.07, 6.45) is 1.76. The first-order valence-corrected chi connectivity index (χ1v) is 30.2.